The fraction of sp³-hybridized carbons (Fsp3) is 0.533. The fourth-order valence-electron chi connectivity index (χ4n) is 2.73. The van der Waals surface area contributed by atoms with Gasteiger partial charge in [0.1, 0.15) is 5.75 Å². The van der Waals surface area contributed by atoms with Crippen LogP contribution in [0.2, 0.25) is 0 Å². The average molecular weight is 244 g/mol. The molecule has 0 radical (unpaired) electrons. The summed E-state index contributed by atoms with van der Waals surface area (Å²) in [4.78, 5) is 2.28. The normalized spacial score (nSPS) is 15.8. The monoisotopic (exact) mass is 244 g/mol. The summed E-state index contributed by atoms with van der Waals surface area (Å²) in [6.45, 7) is 1.31. The van der Waals surface area contributed by atoms with Crippen LogP contribution in [0.4, 0.5) is 0 Å². The van der Waals surface area contributed by atoms with Crippen LogP contribution in [0, 0.1) is 11.3 Å². The first-order chi connectivity index (χ1) is 8.85. The van der Waals surface area contributed by atoms with E-state index in [1.165, 1.54) is 31.2 Å². The highest BCUT2D eigenvalue weighted by molar-refractivity contribution is 5.33. The minimum absolute atomic E-state index is 0.503. The zero-order chi connectivity index (χ0) is 12.8. The second kappa shape index (κ2) is 6.42. The SMILES string of the molecule is COc1ccccc1CN(CC#N)C1CCCC1. The van der Waals surface area contributed by atoms with Gasteiger partial charge in [0.15, 0.2) is 0 Å². The fourth-order valence-corrected chi connectivity index (χ4v) is 2.73. The highest BCUT2D eigenvalue weighted by Crippen LogP contribution is 2.27. The van der Waals surface area contributed by atoms with E-state index in [9.17, 15) is 0 Å². The van der Waals surface area contributed by atoms with E-state index in [1.54, 1.807) is 7.11 Å². The van der Waals surface area contributed by atoms with Gasteiger partial charge < -0.3 is 4.74 Å². The molecule has 1 aliphatic carbocycles. The number of hydrogen-bond donors (Lipinski definition) is 0. The van der Waals surface area contributed by atoms with E-state index in [0.717, 1.165) is 12.3 Å². The minimum atomic E-state index is 0.503. The lowest BCUT2D eigenvalue weighted by Gasteiger charge is -2.26. The van der Waals surface area contributed by atoms with E-state index in [4.69, 9.17) is 10.00 Å². The molecule has 0 atom stereocenters. The van der Waals surface area contributed by atoms with Crippen molar-refractivity contribution in [2.45, 2.75) is 38.3 Å². The topological polar surface area (TPSA) is 36.3 Å². The Kier molecular flexibility index (Phi) is 4.60. The molecule has 0 aliphatic heterocycles. The van der Waals surface area contributed by atoms with Gasteiger partial charge in [-0.1, -0.05) is 31.0 Å². The highest BCUT2D eigenvalue weighted by atomic mass is 16.5. The molecule has 1 saturated carbocycles. The maximum atomic E-state index is 8.98. The number of nitriles is 1. The molecule has 3 nitrogen and oxygen atoms in total. The molecular formula is C15H20N2O. The Morgan fingerprint density at radius 3 is 2.72 bits per heavy atom. The molecule has 0 heterocycles. The second-order valence-corrected chi connectivity index (χ2v) is 4.81. The Hall–Kier alpha value is -1.53. The van der Waals surface area contributed by atoms with Gasteiger partial charge in [0.05, 0.1) is 19.7 Å². The van der Waals surface area contributed by atoms with Crippen LogP contribution in [0.3, 0.4) is 0 Å². The third-order valence-corrected chi connectivity index (χ3v) is 3.68. The van der Waals surface area contributed by atoms with Crippen LogP contribution >= 0.6 is 0 Å². The van der Waals surface area contributed by atoms with Crippen molar-refractivity contribution in [2.24, 2.45) is 0 Å². The summed E-state index contributed by atoms with van der Waals surface area (Å²) in [7, 11) is 1.70. The minimum Gasteiger partial charge on any atom is -0.496 e. The molecular weight excluding hydrogens is 224 g/mol. The van der Waals surface area contributed by atoms with Crippen LogP contribution in [0.5, 0.6) is 5.75 Å². The second-order valence-electron chi connectivity index (χ2n) is 4.81. The first-order valence-corrected chi connectivity index (χ1v) is 6.58. The molecule has 3 heteroatoms. The zero-order valence-corrected chi connectivity index (χ0v) is 10.9. The van der Waals surface area contributed by atoms with Gasteiger partial charge in [0.25, 0.3) is 0 Å². The molecule has 1 aliphatic rings. The summed E-state index contributed by atoms with van der Waals surface area (Å²) in [6.07, 6.45) is 5.02. The van der Waals surface area contributed by atoms with Crippen molar-refractivity contribution in [2.75, 3.05) is 13.7 Å². The third kappa shape index (κ3) is 3.02. The van der Waals surface area contributed by atoms with Crippen molar-refractivity contribution in [3.8, 4) is 11.8 Å². The predicted molar refractivity (Wildman–Crippen MR) is 71.3 cm³/mol. The molecule has 0 bridgehead atoms. The van der Waals surface area contributed by atoms with Crippen molar-refractivity contribution in [3.63, 3.8) is 0 Å². The first kappa shape index (κ1) is 12.9. The molecule has 1 aromatic carbocycles. The van der Waals surface area contributed by atoms with Gasteiger partial charge in [-0.25, -0.2) is 0 Å². The molecule has 0 N–H and O–H groups in total. The molecule has 1 aromatic rings. The lowest BCUT2D eigenvalue weighted by Crippen LogP contribution is -2.33. The number of benzene rings is 1. The Balaban J connectivity index is 2.10. The van der Waals surface area contributed by atoms with Crippen LogP contribution in [0.1, 0.15) is 31.2 Å². The van der Waals surface area contributed by atoms with Crippen LogP contribution in [-0.2, 0) is 6.54 Å². The maximum Gasteiger partial charge on any atom is 0.123 e. The predicted octanol–water partition coefficient (Wildman–Crippen LogP) is 2.96. The third-order valence-electron chi connectivity index (χ3n) is 3.68. The van der Waals surface area contributed by atoms with E-state index >= 15 is 0 Å². The molecule has 0 aromatic heterocycles. The number of rotatable bonds is 5. The van der Waals surface area contributed by atoms with Gasteiger partial charge in [-0.05, 0) is 18.9 Å². The van der Waals surface area contributed by atoms with Crippen molar-refractivity contribution < 1.29 is 4.74 Å². The summed E-state index contributed by atoms with van der Waals surface area (Å²) in [5.74, 6) is 0.915. The first-order valence-electron chi connectivity index (χ1n) is 6.58. The van der Waals surface area contributed by atoms with Crippen LogP contribution in [0.25, 0.3) is 0 Å². The van der Waals surface area contributed by atoms with Gasteiger partial charge in [0.2, 0.25) is 0 Å². The zero-order valence-electron chi connectivity index (χ0n) is 10.9. The largest absolute Gasteiger partial charge is 0.496 e. The molecule has 0 amide bonds. The Morgan fingerprint density at radius 2 is 2.06 bits per heavy atom. The average Bonchev–Trinajstić information content (AvgIpc) is 2.92. The van der Waals surface area contributed by atoms with Crippen molar-refractivity contribution >= 4 is 0 Å². The molecule has 1 fully saturated rings. The summed E-state index contributed by atoms with van der Waals surface area (Å²) in [5, 5.41) is 8.98. The standard InChI is InChI=1S/C15H20N2O/c1-18-15-9-5-2-6-13(15)12-17(11-10-16)14-7-3-4-8-14/h2,5-6,9,14H,3-4,7-8,11-12H2,1H3. The number of para-hydroxylation sites is 1. The Morgan fingerprint density at radius 1 is 1.33 bits per heavy atom. The molecule has 2 rings (SSSR count). The van der Waals surface area contributed by atoms with Gasteiger partial charge in [0, 0.05) is 18.2 Å². The van der Waals surface area contributed by atoms with Crippen molar-refractivity contribution in [3.05, 3.63) is 29.8 Å². The summed E-state index contributed by atoms with van der Waals surface area (Å²) >= 11 is 0. The van der Waals surface area contributed by atoms with E-state index in [-0.39, 0.29) is 0 Å². The molecule has 0 unspecified atom stereocenters. The van der Waals surface area contributed by atoms with Crippen molar-refractivity contribution in [1.29, 1.82) is 5.26 Å². The Bertz CT molecular complexity index is 419. The van der Waals surface area contributed by atoms with E-state index in [2.05, 4.69) is 17.0 Å². The van der Waals surface area contributed by atoms with E-state index in [1.807, 2.05) is 18.2 Å². The highest BCUT2D eigenvalue weighted by Gasteiger charge is 2.23. The summed E-state index contributed by atoms with van der Waals surface area (Å²) in [6, 6.07) is 10.9. The number of hydrogen-bond acceptors (Lipinski definition) is 3. The Labute approximate surface area is 109 Å². The number of methoxy groups -OCH3 is 1. The van der Waals surface area contributed by atoms with Gasteiger partial charge in [-0.3, -0.25) is 4.90 Å². The quantitative estimate of drug-likeness (QED) is 0.747. The number of nitrogens with zero attached hydrogens (tertiary/aromatic N) is 2. The number of ether oxygens (including phenoxy) is 1. The summed E-state index contributed by atoms with van der Waals surface area (Å²) < 4.78 is 5.38. The van der Waals surface area contributed by atoms with E-state index in [0.29, 0.717) is 12.6 Å². The van der Waals surface area contributed by atoms with E-state index < -0.39 is 0 Å². The van der Waals surface area contributed by atoms with Gasteiger partial charge >= 0.3 is 0 Å². The molecule has 96 valence electrons. The molecule has 0 saturated heterocycles. The maximum absolute atomic E-state index is 8.98. The van der Waals surface area contributed by atoms with Crippen LogP contribution in [-0.4, -0.2) is 24.6 Å². The van der Waals surface area contributed by atoms with Crippen molar-refractivity contribution in [1.82, 2.24) is 4.90 Å². The lowest BCUT2D eigenvalue weighted by atomic mass is 10.1. The summed E-state index contributed by atoms with van der Waals surface area (Å²) in [5.41, 5.74) is 1.17. The molecule has 0 spiro atoms. The smallest absolute Gasteiger partial charge is 0.123 e. The van der Waals surface area contributed by atoms with Crippen LogP contribution in [0.15, 0.2) is 24.3 Å². The molecule has 18 heavy (non-hydrogen) atoms. The van der Waals surface area contributed by atoms with Crippen LogP contribution < -0.4 is 4.74 Å². The lowest BCUT2D eigenvalue weighted by molar-refractivity contribution is 0.211. The van der Waals surface area contributed by atoms with Gasteiger partial charge in [-0.15, -0.1) is 0 Å². The van der Waals surface area contributed by atoms with Gasteiger partial charge in [-0.2, -0.15) is 5.26 Å².